The van der Waals surface area contributed by atoms with Gasteiger partial charge in [0.1, 0.15) is 0 Å². The second-order valence-corrected chi connectivity index (χ2v) is 6.10. The summed E-state index contributed by atoms with van der Waals surface area (Å²) in [5.41, 5.74) is 1.00. The van der Waals surface area contributed by atoms with Gasteiger partial charge in [0, 0.05) is 30.9 Å². The third kappa shape index (κ3) is 4.42. The first-order chi connectivity index (χ1) is 11.3. The van der Waals surface area contributed by atoms with Gasteiger partial charge in [-0.1, -0.05) is 0 Å². The summed E-state index contributed by atoms with van der Waals surface area (Å²) in [4.78, 5) is 24.8. The number of aryl methyl sites for hydroxylation is 1. The summed E-state index contributed by atoms with van der Waals surface area (Å²) in [7, 11) is 1.36. The van der Waals surface area contributed by atoms with Gasteiger partial charge in [-0.25, -0.2) is 0 Å². The number of nitrogens with one attached hydrogen (secondary N) is 1. The van der Waals surface area contributed by atoms with Crippen LogP contribution in [0.15, 0.2) is 12.1 Å². The second-order valence-electron chi connectivity index (χ2n) is 6.10. The van der Waals surface area contributed by atoms with E-state index >= 15 is 0 Å². The predicted molar refractivity (Wildman–Crippen MR) is 89.5 cm³/mol. The van der Waals surface area contributed by atoms with E-state index in [0.29, 0.717) is 24.3 Å². The molecule has 1 fully saturated rings. The van der Waals surface area contributed by atoms with Gasteiger partial charge in [-0.05, 0) is 26.3 Å². The number of methoxy groups -OCH3 is 1. The fourth-order valence-electron chi connectivity index (χ4n) is 2.92. The standard InChI is InChI=1S/C16H23N3O5/c1-10-5-14(19(21)22)15(23-4)6-13(10)17-16(20)9-18-7-11(2)24-12(3)8-18/h5-6,11-12H,7-9H2,1-4H3,(H,17,20)/t11-,12-/m1/s1. The Labute approximate surface area is 140 Å². The summed E-state index contributed by atoms with van der Waals surface area (Å²) in [5, 5.41) is 13.8. The van der Waals surface area contributed by atoms with Gasteiger partial charge in [0.2, 0.25) is 5.91 Å². The van der Waals surface area contributed by atoms with Crippen molar-refractivity contribution in [3.63, 3.8) is 0 Å². The summed E-state index contributed by atoms with van der Waals surface area (Å²) in [5.74, 6) is -0.0511. The zero-order valence-electron chi connectivity index (χ0n) is 14.4. The van der Waals surface area contributed by atoms with Gasteiger partial charge in [0.05, 0.1) is 30.8 Å². The molecule has 0 aliphatic carbocycles. The van der Waals surface area contributed by atoms with Crippen molar-refractivity contribution < 1.29 is 19.2 Å². The first-order valence-corrected chi connectivity index (χ1v) is 7.80. The normalized spacial score (nSPS) is 21.3. The number of carbonyl (C=O) groups is 1. The van der Waals surface area contributed by atoms with Crippen molar-refractivity contribution in [1.82, 2.24) is 4.90 Å². The molecule has 1 aliphatic heterocycles. The van der Waals surface area contributed by atoms with Gasteiger partial charge >= 0.3 is 5.69 Å². The number of hydrogen-bond donors (Lipinski definition) is 1. The van der Waals surface area contributed by atoms with E-state index < -0.39 is 4.92 Å². The molecular formula is C16H23N3O5. The third-order valence-electron chi connectivity index (χ3n) is 3.86. The lowest BCUT2D eigenvalue weighted by molar-refractivity contribution is -0.385. The van der Waals surface area contributed by atoms with Crippen molar-refractivity contribution >= 4 is 17.3 Å². The first-order valence-electron chi connectivity index (χ1n) is 7.80. The van der Waals surface area contributed by atoms with E-state index in [4.69, 9.17) is 9.47 Å². The molecule has 1 aliphatic rings. The number of nitro groups is 1. The number of carbonyl (C=O) groups excluding carboxylic acids is 1. The van der Waals surface area contributed by atoms with Gasteiger partial charge < -0.3 is 14.8 Å². The minimum absolute atomic E-state index is 0.0859. The quantitative estimate of drug-likeness (QED) is 0.652. The second kappa shape index (κ2) is 7.59. The van der Waals surface area contributed by atoms with E-state index in [2.05, 4.69) is 5.32 Å². The van der Waals surface area contributed by atoms with E-state index in [0.717, 1.165) is 0 Å². The van der Waals surface area contributed by atoms with Crippen molar-refractivity contribution in [2.45, 2.75) is 33.0 Å². The van der Waals surface area contributed by atoms with Crippen LogP contribution in [0.4, 0.5) is 11.4 Å². The summed E-state index contributed by atoms with van der Waals surface area (Å²) >= 11 is 0. The maximum Gasteiger partial charge on any atom is 0.311 e. The zero-order valence-corrected chi connectivity index (χ0v) is 14.4. The highest BCUT2D eigenvalue weighted by atomic mass is 16.6. The average Bonchev–Trinajstić information content (AvgIpc) is 2.47. The number of ether oxygens (including phenoxy) is 2. The van der Waals surface area contributed by atoms with Crippen LogP contribution in [-0.2, 0) is 9.53 Å². The molecule has 8 nitrogen and oxygen atoms in total. The van der Waals surface area contributed by atoms with Crippen LogP contribution in [0.1, 0.15) is 19.4 Å². The molecule has 1 heterocycles. The summed E-state index contributed by atoms with van der Waals surface area (Å²) in [6.45, 7) is 7.30. The molecular weight excluding hydrogens is 314 g/mol. The fraction of sp³-hybridized carbons (Fsp3) is 0.562. The molecule has 0 spiro atoms. The van der Waals surface area contributed by atoms with E-state index in [1.165, 1.54) is 19.2 Å². The van der Waals surface area contributed by atoms with E-state index in [-0.39, 0.29) is 36.1 Å². The lowest BCUT2D eigenvalue weighted by atomic mass is 10.1. The van der Waals surface area contributed by atoms with Crippen molar-refractivity contribution in [3.05, 3.63) is 27.8 Å². The maximum atomic E-state index is 12.3. The smallest absolute Gasteiger partial charge is 0.311 e. The number of hydrogen-bond acceptors (Lipinski definition) is 6. The number of morpholine rings is 1. The number of rotatable bonds is 5. The van der Waals surface area contributed by atoms with Crippen molar-refractivity contribution in [1.29, 1.82) is 0 Å². The molecule has 0 saturated carbocycles. The Morgan fingerprint density at radius 1 is 1.42 bits per heavy atom. The van der Waals surface area contributed by atoms with Crippen molar-refractivity contribution in [3.8, 4) is 5.75 Å². The largest absolute Gasteiger partial charge is 0.490 e. The Morgan fingerprint density at radius 2 is 2.04 bits per heavy atom. The molecule has 2 rings (SSSR count). The summed E-state index contributed by atoms with van der Waals surface area (Å²) < 4.78 is 10.7. The molecule has 0 unspecified atom stereocenters. The highest BCUT2D eigenvalue weighted by molar-refractivity contribution is 5.93. The molecule has 24 heavy (non-hydrogen) atoms. The fourth-order valence-corrected chi connectivity index (χ4v) is 2.92. The zero-order chi connectivity index (χ0) is 17.9. The number of anilines is 1. The summed E-state index contributed by atoms with van der Waals surface area (Å²) in [6, 6.07) is 2.88. The van der Waals surface area contributed by atoms with E-state index in [1.54, 1.807) is 6.92 Å². The molecule has 0 bridgehead atoms. The third-order valence-corrected chi connectivity index (χ3v) is 3.86. The number of amides is 1. The molecule has 0 radical (unpaired) electrons. The molecule has 1 aromatic rings. The van der Waals surface area contributed by atoms with E-state index in [9.17, 15) is 14.9 Å². The molecule has 1 amide bonds. The molecule has 8 heteroatoms. The minimum atomic E-state index is -0.506. The van der Waals surface area contributed by atoms with Gasteiger partial charge in [0.25, 0.3) is 0 Å². The molecule has 0 aromatic heterocycles. The van der Waals surface area contributed by atoms with Crippen LogP contribution in [0.5, 0.6) is 5.75 Å². The monoisotopic (exact) mass is 337 g/mol. The lowest BCUT2D eigenvalue weighted by Crippen LogP contribution is -2.48. The highest BCUT2D eigenvalue weighted by Gasteiger charge is 2.24. The number of benzene rings is 1. The maximum absolute atomic E-state index is 12.3. The van der Waals surface area contributed by atoms with Gasteiger partial charge in [-0.2, -0.15) is 0 Å². The molecule has 1 aromatic carbocycles. The predicted octanol–water partition coefficient (Wildman–Crippen LogP) is 1.96. The topological polar surface area (TPSA) is 93.9 Å². The Balaban J connectivity index is 2.07. The van der Waals surface area contributed by atoms with Crippen LogP contribution in [-0.4, -0.2) is 54.7 Å². The van der Waals surface area contributed by atoms with Gasteiger partial charge in [-0.3, -0.25) is 19.8 Å². The SMILES string of the molecule is COc1cc(NC(=O)CN2C[C@@H](C)O[C@H](C)C2)c(C)cc1[N+](=O)[O-]. The van der Waals surface area contributed by atoms with Gasteiger partial charge in [0.15, 0.2) is 5.75 Å². The van der Waals surface area contributed by atoms with Crippen LogP contribution in [0.2, 0.25) is 0 Å². The number of nitrogens with zero attached hydrogens (tertiary/aromatic N) is 2. The Kier molecular flexibility index (Phi) is 5.74. The average molecular weight is 337 g/mol. The number of nitro benzene ring substituents is 1. The van der Waals surface area contributed by atoms with Crippen molar-refractivity contribution in [2.24, 2.45) is 0 Å². The molecule has 1 N–H and O–H groups in total. The Morgan fingerprint density at radius 3 is 2.58 bits per heavy atom. The molecule has 2 atom stereocenters. The van der Waals surface area contributed by atoms with Crippen LogP contribution in [0, 0.1) is 17.0 Å². The first kappa shape index (κ1) is 18.2. The lowest BCUT2D eigenvalue weighted by Gasteiger charge is -2.34. The van der Waals surface area contributed by atoms with E-state index in [1.807, 2.05) is 18.7 Å². The van der Waals surface area contributed by atoms with Crippen LogP contribution < -0.4 is 10.1 Å². The minimum Gasteiger partial charge on any atom is -0.490 e. The molecule has 1 saturated heterocycles. The Hall–Kier alpha value is -2.19. The van der Waals surface area contributed by atoms with Crippen LogP contribution in [0.3, 0.4) is 0 Å². The Bertz CT molecular complexity index is 624. The van der Waals surface area contributed by atoms with Crippen molar-refractivity contribution in [2.75, 3.05) is 32.1 Å². The van der Waals surface area contributed by atoms with Gasteiger partial charge in [-0.15, -0.1) is 0 Å². The van der Waals surface area contributed by atoms with Crippen LogP contribution in [0.25, 0.3) is 0 Å². The highest BCUT2D eigenvalue weighted by Crippen LogP contribution is 2.32. The molecule has 132 valence electrons. The summed E-state index contributed by atoms with van der Waals surface area (Å²) in [6.07, 6.45) is 0.172. The van der Waals surface area contributed by atoms with Crippen LogP contribution >= 0.6 is 0 Å².